The van der Waals surface area contributed by atoms with Crippen molar-refractivity contribution < 1.29 is 5.11 Å². The van der Waals surface area contributed by atoms with Gasteiger partial charge in [0.05, 0.1) is 10.9 Å². The summed E-state index contributed by atoms with van der Waals surface area (Å²) in [6.45, 7) is 5.76. The second-order valence-electron chi connectivity index (χ2n) is 7.45. The van der Waals surface area contributed by atoms with Gasteiger partial charge in [0.1, 0.15) is 5.82 Å². The molecule has 2 aromatic heterocycles. The summed E-state index contributed by atoms with van der Waals surface area (Å²) in [4.78, 5) is 8.55. The van der Waals surface area contributed by atoms with Crippen LogP contribution in [0.3, 0.4) is 0 Å². The van der Waals surface area contributed by atoms with Crippen molar-refractivity contribution in [2.45, 2.75) is 32.9 Å². The summed E-state index contributed by atoms with van der Waals surface area (Å²) in [5.41, 5.74) is 5.19. The van der Waals surface area contributed by atoms with Gasteiger partial charge >= 0.3 is 0 Å². The number of nitrogens with zero attached hydrogens (tertiary/aromatic N) is 4. The van der Waals surface area contributed by atoms with Gasteiger partial charge in [-0.25, -0.2) is 4.98 Å². The van der Waals surface area contributed by atoms with E-state index < -0.39 is 0 Å². The molecule has 6 heteroatoms. The molecule has 5 nitrogen and oxygen atoms in total. The Morgan fingerprint density at radius 1 is 1.07 bits per heavy atom. The topological polar surface area (TPSA) is 53.7 Å². The third kappa shape index (κ3) is 2.89. The number of thiazole rings is 1. The summed E-state index contributed by atoms with van der Waals surface area (Å²) in [6, 6.07) is 17.2. The van der Waals surface area contributed by atoms with Gasteiger partial charge < -0.3 is 5.11 Å². The van der Waals surface area contributed by atoms with Crippen LogP contribution < -0.4 is 0 Å². The summed E-state index contributed by atoms with van der Waals surface area (Å²) < 4.78 is 1.57. The van der Waals surface area contributed by atoms with E-state index in [1.54, 1.807) is 4.52 Å². The zero-order chi connectivity index (χ0) is 19.3. The van der Waals surface area contributed by atoms with Crippen LogP contribution in [0.1, 0.15) is 39.0 Å². The zero-order valence-electron chi connectivity index (χ0n) is 16.0. The van der Waals surface area contributed by atoms with E-state index in [2.05, 4.69) is 70.4 Å². The lowest BCUT2D eigenvalue weighted by molar-refractivity contribution is 0.205. The van der Waals surface area contributed by atoms with E-state index in [0.717, 1.165) is 29.3 Å². The minimum Gasteiger partial charge on any atom is -0.492 e. The van der Waals surface area contributed by atoms with Gasteiger partial charge in [-0.1, -0.05) is 65.4 Å². The molecule has 2 aromatic carbocycles. The Hall–Kier alpha value is -2.70. The van der Waals surface area contributed by atoms with Crippen LogP contribution in [-0.2, 0) is 13.0 Å². The summed E-state index contributed by atoms with van der Waals surface area (Å²) in [5.74, 6) is 0.873. The number of fused-ring (bicyclic) bond motifs is 2. The number of hydrogen-bond donors (Lipinski definition) is 1. The average Bonchev–Trinajstić information content (AvgIpc) is 3.20. The van der Waals surface area contributed by atoms with Gasteiger partial charge in [0, 0.05) is 13.1 Å². The Kier molecular flexibility index (Phi) is 4.18. The van der Waals surface area contributed by atoms with E-state index in [-0.39, 0.29) is 11.9 Å². The predicted molar refractivity (Wildman–Crippen MR) is 111 cm³/mol. The highest BCUT2D eigenvalue weighted by molar-refractivity contribution is 7.17. The molecule has 3 heterocycles. The zero-order valence-corrected chi connectivity index (χ0v) is 16.8. The lowest BCUT2D eigenvalue weighted by Crippen LogP contribution is -2.34. The third-order valence-corrected chi connectivity index (χ3v) is 6.51. The quantitative estimate of drug-likeness (QED) is 0.568. The van der Waals surface area contributed by atoms with Gasteiger partial charge in [-0.15, -0.1) is 5.10 Å². The van der Waals surface area contributed by atoms with Crippen LogP contribution >= 0.6 is 11.3 Å². The van der Waals surface area contributed by atoms with E-state index in [9.17, 15) is 5.11 Å². The number of aromatic hydroxyl groups is 1. The van der Waals surface area contributed by atoms with Crippen molar-refractivity contribution >= 4 is 16.3 Å². The van der Waals surface area contributed by atoms with Gasteiger partial charge in [-0.2, -0.15) is 4.52 Å². The van der Waals surface area contributed by atoms with E-state index in [1.807, 2.05) is 6.92 Å². The van der Waals surface area contributed by atoms with Crippen LogP contribution in [0, 0.1) is 13.8 Å². The first-order valence-corrected chi connectivity index (χ1v) is 10.3. The Bertz CT molecular complexity index is 1160. The van der Waals surface area contributed by atoms with Gasteiger partial charge in [0.15, 0.2) is 0 Å². The smallest absolute Gasteiger partial charge is 0.230 e. The second kappa shape index (κ2) is 6.72. The Morgan fingerprint density at radius 2 is 1.89 bits per heavy atom. The molecule has 0 saturated carbocycles. The van der Waals surface area contributed by atoms with Crippen molar-refractivity contribution in [3.8, 4) is 5.88 Å². The monoisotopic (exact) mass is 390 g/mol. The highest BCUT2D eigenvalue weighted by atomic mass is 32.1. The van der Waals surface area contributed by atoms with Gasteiger partial charge in [-0.3, -0.25) is 4.90 Å². The van der Waals surface area contributed by atoms with Crippen molar-refractivity contribution in [3.05, 3.63) is 81.5 Å². The van der Waals surface area contributed by atoms with Crippen LogP contribution in [0.15, 0.2) is 48.5 Å². The number of hydrogen-bond acceptors (Lipinski definition) is 5. The van der Waals surface area contributed by atoms with Crippen LogP contribution in [0.5, 0.6) is 5.88 Å². The predicted octanol–water partition coefficient (Wildman–Crippen LogP) is 4.26. The Balaban J connectivity index is 1.63. The molecule has 0 radical (unpaired) electrons. The first-order chi connectivity index (χ1) is 13.6. The molecule has 0 saturated heterocycles. The first-order valence-electron chi connectivity index (χ1n) is 9.52. The highest BCUT2D eigenvalue weighted by Crippen LogP contribution is 2.41. The molecule has 142 valence electrons. The molecule has 0 fully saturated rings. The van der Waals surface area contributed by atoms with Crippen molar-refractivity contribution in [2.75, 3.05) is 6.54 Å². The molecule has 4 aromatic rings. The van der Waals surface area contributed by atoms with Crippen LogP contribution in [0.4, 0.5) is 0 Å². The maximum Gasteiger partial charge on any atom is 0.230 e. The molecule has 0 aliphatic carbocycles. The summed E-state index contributed by atoms with van der Waals surface area (Å²) in [5, 5.41) is 15.3. The minimum atomic E-state index is -0.0259. The molecule has 1 aliphatic rings. The van der Waals surface area contributed by atoms with E-state index >= 15 is 0 Å². The molecule has 0 spiro atoms. The van der Waals surface area contributed by atoms with Crippen LogP contribution in [-0.4, -0.2) is 31.1 Å². The van der Waals surface area contributed by atoms with Crippen molar-refractivity contribution in [1.82, 2.24) is 19.5 Å². The van der Waals surface area contributed by atoms with Crippen molar-refractivity contribution in [3.63, 3.8) is 0 Å². The number of benzene rings is 2. The maximum absolute atomic E-state index is 11.0. The standard InChI is InChI=1S/C22H22N4OS/c1-14-6-5-9-17(12-14)19(20-21(27)26-22(28-20)23-15(2)24-26)25-11-10-16-7-3-4-8-18(16)13-25/h3-9,12,19,27H,10-11,13H2,1-2H3. The van der Waals surface area contributed by atoms with E-state index in [0.29, 0.717) is 5.82 Å². The van der Waals surface area contributed by atoms with Gasteiger partial charge in [0.25, 0.3) is 0 Å². The van der Waals surface area contributed by atoms with Gasteiger partial charge in [-0.05, 0) is 37.0 Å². The number of aromatic nitrogens is 3. The molecule has 1 atom stereocenters. The second-order valence-corrected chi connectivity index (χ2v) is 8.46. The molecule has 5 rings (SSSR count). The van der Waals surface area contributed by atoms with Crippen molar-refractivity contribution in [1.29, 1.82) is 0 Å². The minimum absolute atomic E-state index is 0.0259. The Morgan fingerprint density at radius 3 is 2.68 bits per heavy atom. The fraction of sp³-hybridized carbons (Fsp3) is 0.273. The molecule has 1 aliphatic heterocycles. The first kappa shape index (κ1) is 17.4. The molecule has 1 unspecified atom stereocenters. The van der Waals surface area contributed by atoms with E-state index in [4.69, 9.17) is 0 Å². The largest absolute Gasteiger partial charge is 0.492 e. The Labute approximate surface area is 167 Å². The maximum atomic E-state index is 11.0. The lowest BCUT2D eigenvalue weighted by atomic mass is 9.95. The summed E-state index contributed by atoms with van der Waals surface area (Å²) >= 11 is 1.53. The highest BCUT2D eigenvalue weighted by Gasteiger charge is 2.31. The fourth-order valence-electron chi connectivity index (χ4n) is 4.13. The molecule has 1 N–H and O–H groups in total. The molecule has 28 heavy (non-hydrogen) atoms. The summed E-state index contributed by atoms with van der Waals surface area (Å²) in [6.07, 6.45) is 1.01. The lowest BCUT2D eigenvalue weighted by Gasteiger charge is -2.35. The number of rotatable bonds is 3. The average molecular weight is 391 g/mol. The van der Waals surface area contributed by atoms with E-state index in [1.165, 1.54) is 33.6 Å². The molecular weight excluding hydrogens is 368 g/mol. The fourth-order valence-corrected chi connectivity index (χ4v) is 5.30. The van der Waals surface area contributed by atoms with Crippen molar-refractivity contribution in [2.24, 2.45) is 0 Å². The molecule has 0 amide bonds. The third-order valence-electron chi connectivity index (χ3n) is 5.44. The molecule has 0 bridgehead atoms. The molecular formula is C22H22N4OS. The summed E-state index contributed by atoms with van der Waals surface area (Å²) in [7, 11) is 0. The van der Waals surface area contributed by atoms with Crippen LogP contribution in [0.25, 0.3) is 4.96 Å². The van der Waals surface area contributed by atoms with Crippen LogP contribution in [0.2, 0.25) is 0 Å². The SMILES string of the molecule is Cc1cccc(C(c2sc3nc(C)nn3c2O)N2CCc3ccccc3C2)c1. The van der Waals surface area contributed by atoms with Gasteiger partial charge in [0.2, 0.25) is 10.8 Å². The number of aryl methyl sites for hydroxylation is 2. The normalized spacial score (nSPS) is 15.6.